The maximum Gasteiger partial charge on any atom is 0.240 e. The lowest BCUT2D eigenvalue weighted by Crippen LogP contribution is -2.23. The van der Waals surface area contributed by atoms with Gasteiger partial charge in [0.05, 0.1) is 0 Å². The highest BCUT2D eigenvalue weighted by Crippen LogP contribution is 2.22. The van der Waals surface area contributed by atoms with Gasteiger partial charge in [-0.05, 0) is 11.4 Å². The van der Waals surface area contributed by atoms with Crippen LogP contribution in [0.25, 0.3) is 0 Å². The lowest BCUT2D eigenvalue weighted by Gasteiger charge is -2.09. The van der Waals surface area contributed by atoms with Gasteiger partial charge < -0.3 is 5.11 Å². The molecule has 0 aliphatic carbocycles. The third kappa shape index (κ3) is 1.80. The molecule has 0 bridgehead atoms. The summed E-state index contributed by atoms with van der Waals surface area (Å²) in [6.07, 6.45) is -0.986. The molecular formula is C7H9NO3S. The highest BCUT2D eigenvalue weighted by atomic mass is 32.1. The van der Waals surface area contributed by atoms with Crippen molar-refractivity contribution >= 4 is 11.3 Å². The van der Waals surface area contributed by atoms with Crippen LogP contribution in [0.2, 0.25) is 0 Å². The Hall–Kier alpha value is -0.940. The van der Waals surface area contributed by atoms with Crippen LogP contribution in [-0.4, -0.2) is 16.1 Å². The van der Waals surface area contributed by atoms with Gasteiger partial charge in [-0.1, -0.05) is 6.07 Å². The molecule has 0 amide bonds. The van der Waals surface area contributed by atoms with Gasteiger partial charge in [0.25, 0.3) is 0 Å². The maximum absolute atomic E-state index is 10.3. The van der Waals surface area contributed by atoms with Crippen LogP contribution < -0.4 is 0 Å². The second-order valence-corrected chi connectivity index (χ2v) is 3.47. The van der Waals surface area contributed by atoms with Crippen LogP contribution in [0.15, 0.2) is 17.5 Å². The smallest absolute Gasteiger partial charge is 0.240 e. The molecule has 12 heavy (non-hydrogen) atoms. The number of nitro groups is 1. The monoisotopic (exact) mass is 187 g/mol. The van der Waals surface area contributed by atoms with E-state index in [1.165, 1.54) is 18.3 Å². The molecule has 0 aromatic carbocycles. The summed E-state index contributed by atoms with van der Waals surface area (Å²) in [6, 6.07) is 2.51. The first-order chi connectivity index (χ1) is 5.63. The third-order valence-corrected chi connectivity index (χ3v) is 2.57. The van der Waals surface area contributed by atoms with Gasteiger partial charge in [-0.15, -0.1) is 11.3 Å². The van der Waals surface area contributed by atoms with Crippen molar-refractivity contribution in [2.75, 3.05) is 0 Å². The Morgan fingerprint density at radius 3 is 2.83 bits per heavy atom. The number of hydrogen-bond donors (Lipinski definition) is 1. The van der Waals surface area contributed by atoms with Crippen LogP contribution in [0.5, 0.6) is 0 Å². The van der Waals surface area contributed by atoms with E-state index in [1.54, 1.807) is 17.5 Å². The number of hydrogen-bond acceptors (Lipinski definition) is 4. The summed E-state index contributed by atoms with van der Waals surface area (Å²) in [4.78, 5) is 10.4. The van der Waals surface area contributed by atoms with E-state index in [1.807, 2.05) is 0 Å². The van der Waals surface area contributed by atoms with E-state index in [9.17, 15) is 15.2 Å². The van der Waals surface area contributed by atoms with Gasteiger partial charge in [0.1, 0.15) is 0 Å². The Labute approximate surface area is 73.6 Å². The molecule has 66 valence electrons. The fourth-order valence-electron chi connectivity index (χ4n) is 0.813. The highest BCUT2D eigenvalue weighted by Gasteiger charge is 2.26. The molecule has 2 atom stereocenters. The largest absolute Gasteiger partial charge is 0.380 e. The minimum absolute atomic E-state index is 0.482. The van der Waals surface area contributed by atoms with Crippen molar-refractivity contribution in [1.82, 2.24) is 0 Å². The first-order valence-corrected chi connectivity index (χ1v) is 4.36. The van der Waals surface area contributed by atoms with E-state index in [-0.39, 0.29) is 0 Å². The standard InChI is InChI=1S/C7H9NO3S/c1-5(8(10)11)7(9)6-3-2-4-12-6/h2-5,7,9H,1H3/t5-,7+/m1/s1. The topological polar surface area (TPSA) is 63.4 Å². The van der Waals surface area contributed by atoms with Crippen molar-refractivity contribution in [3.8, 4) is 0 Å². The second kappa shape index (κ2) is 3.64. The molecule has 5 heteroatoms. The van der Waals surface area contributed by atoms with Crippen LogP contribution in [-0.2, 0) is 0 Å². The van der Waals surface area contributed by atoms with E-state index < -0.39 is 17.1 Å². The van der Waals surface area contributed by atoms with Crippen LogP contribution in [0.1, 0.15) is 17.9 Å². The third-order valence-electron chi connectivity index (χ3n) is 1.62. The quantitative estimate of drug-likeness (QED) is 0.575. The summed E-state index contributed by atoms with van der Waals surface area (Å²) in [5, 5.41) is 21.5. The molecule has 0 saturated carbocycles. The minimum atomic E-state index is -0.986. The van der Waals surface area contributed by atoms with Crippen molar-refractivity contribution < 1.29 is 10.0 Å². The van der Waals surface area contributed by atoms with Crippen LogP contribution in [0.4, 0.5) is 0 Å². The summed E-state index contributed by atoms with van der Waals surface area (Å²) in [5.74, 6) is 0. The Kier molecular flexibility index (Phi) is 2.78. The Bertz CT molecular complexity index is 260. The number of thiophene rings is 1. The van der Waals surface area contributed by atoms with Gasteiger partial charge in [-0.2, -0.15) is 0 Å². The van der Waals surface area contributed by atoms with Crippen LogP contribution in [0.3, 0.4) is 0 Å². The molecule has 0 aliphatic rings. The summed E-state index contributed by atoms with van der Waals surface area (Å²) in [7, 11) is 0. The summed E-state index contributed by atoms with van der Waals surface area (Å²) >= 11 is 1.32. The molecule has 0 fully saturated rings. The molecule has 1 heterocycles. The second-order valence-electron chi connectivity index (χ2n) is 2.49. The van der Waals surface area contributed by atoms with Gasteiger partial charge in [0.15, 0.2) is 6.10 Å². The molecule has 1 rings (SSSR count). The molecular weight excluding hydrogens is 178 g/mol. The Morgan fingerprint density at radius 2 is 2.42 bits per heavy atom. The Balaban J connectivity index is 2.71. The van der Waals surface area contributed by atoms with Gasteiger partial charge in [-0.3, -0.25) is 10.1 Å². The minimum Gasteiger partial charge on any atom is -0.380 e. The fraction of sp³-hybridized carbons (Fsp3) is 0.429. The molecule has 1 N–H and O–H groups in total. The van der Waals surface area contributed by atoms with Gasteiger partial charge >= 0.3 is 0 Å². The van der Waals surface area contributed by atoms with E-state index in [4.69, 9.17) is 0 Å². The van der Waals surface area contributed by atoms with Crippen molar-refractivity contribution in [2.45, 2.75) is 19.1 Å². The maximum atomic E-state index is 10.3. The summed E-state index contributed by atoms with van der Waals surface area (Å²) in [5.41, 5.74) is 0. The lowest BCUT2D eigenvalue weighted by molar-refractivity contribution is -0.531. The van der Waals surface area contributed by atoms with E-state index in [2.05, 4.69) is 0 Å². The average molecular weight is 187 g/mol. The summed E-state index contributed by atoms with van der Waals surface area (Å²) in [6.45, 7) is 1.39. The molecule has 0 saturated heterocycles. The highest BCUT2D eigenvalue weighted by molar-refractivity contribution is 7.10. The van der Waals surface area contributed by atoms with Crippen molar-refractivity contribution in [2.24, 2.45) is 0 Å². The van der Waals surface area contributed by atoms with Crippen molar-refractivity contribution in [1.29, 1.82) is 0 Å². The molecule has 0 spiro atoms. The first-order valence-electron chi connectivity index (χ1n) is 3.48. The summed E-state index contributed by atoms with van der Waals surface area (Å²) < 4.78 is 0. The number of aliphatic hydroxyl groups excluding tert-OH is 1. The van der Waals surface area contributed by atoms with Gasteiger partial charge in [-0.25, -0.2) is 0 Å². The van der Waals surface area contributed by atoms with E-state index in [0.29, 0.717) is 4.88 Å². The number of rotatable bonds is 3. The number of aliphatic hydroxyl groups is 1. The molecule has 4 nitrogen and oxygen atoms in total. The molecule has 0 aliphatic heterocycles. The first kappa shape index (κ1) is 9.15. The predicted molar refractivity (Wildman–Crippen MR) is 45.7 cm³/mol. The number of nitrogens with zero attached hydrogens (tertiary/aromatic N) is 1. The zero-order chi connectivity index (χ0) is 9.14. The van der Waals surface area contributed by atoms with Crippen LogP contribution >= 0.6 is 11.3 Å². The van der Waals surface area contributed by atoms with Gasteiger partial charge in [0, 0.05) is 16.7 Å². The molecule has 0 unspecified atom stereocenters. The normalized spacial score (nSPS) is 15.5. The van der Waals surface area contributed by atoms with Gasteiger partial charge in [0.2, 0.25) is 6.04 Å². The van der Waals surface area contributed by atoms with E-state index in [0.717, 1.165) is 0 Å². The van der Waals surface area contributed by atoms with Crippen molar-refractivity contribution in [3.05, 3.63) is 32.5 Å². The van der Waals surface area contributed by atoms with Crippen LogP contribution in [0, 0.1) is 10.1 Å². The van der Waals surface area contributed by atoms with E-state index >= 15 is 0 Å². The average Bonchev–Trinajstić information content (AvgIpc) is 2.53. The zero-order valence-electron chi connectivity index (χ0n) is 6.51. The molecule has 0 radical (unpaired) electrons. The lowest BCUT2D eigenvalue weighted by atomic mass is 10.2. The molecule has 1 aromatic heterocycles. The molecule has 1 aromatic rings. The zero-order valence-corrected chi connectivity index (χ0v) is 7.32. The van der Waals surface area contributed by atoms with Crippen molar-refractivity contribution in [3.63, 3.8) is 0 Å². The SMILES string of the molecule is C[C@H]([C@H](O)c1cccs1)[N+](=O)[O-]. The Morgan fingerprint density at radius 1 is 1.75 bits per heavy atom. The fourth-order valence-corrected chi connectivity index (χ4v) is 1.62. The predicted octanol–water partition coefficient (Wildman–Crippen LogP) is 1.45.